The Balaban J connectivity index is 1.94. The van der Waals surface area contributed by atoms with Crippen LogP contribution in [0.1, 0.15) is 22.6 Å². The highest BCUT2D eigenvalue weighted by Crippen LogP contribution is 2.39. The lowest BCUT2D eigenvalue weighted by Crippen LogP contribution is -1.99. The maximum atomic E-state index is 12.2. The van der Waals surface area contributed by atoms with Gasteiger partial charge in [0, 0.05) is 22.7 Å². The maximum Gasteiger partial charge on any atom is 0.323 e. The Hall–Kier alpha value is -4.18. The quantitative estimate of drug-likeness (QED) is 0.456. The molecule has 0 bridgehead atoms. The molecule has 0 atom stereocenters. The number of benzene rings is 2. The van der Waals surface area contributed by atoms with E-state index in [9.17, 15) is 10.1 Å². The third-order valence-corrected chi connectivity index (χ3v) is 5.42. The summed E-state index contributed by atoms with van der Waals surface area (Å²) in [6.07, 6.45) is 1.76. The first-order valence-corrected chi connectivity index (χ1v) is 9.46. The Morgan fingerprint density at radius 2 is 1.93 bits per heavy atom. The number of aromatic amines is 2. The third kappa shape index (κ3) is 2.54. The van der Waals surface area contributed by atoms with Crippen LogP contribution in [-0.2, 0) is 0 Å². The molecular formula is C23H17N5O2. The molecule has 0 amide bonds. The number of H-pyrrole nitrogens is 2. The zero-order chi connectivity index (χ0) is 21.0. The van der Waals surface area contributed by atoms with E-state index in [0.717, 1.165) is 38.9 Å². The molecule has 5 rings (SSSR count). The SMILES string of the molecule is Cc1cnc2c(C#N)cccc2c1-c1cc(-c2c(C)noc2C)cc2[nH]c(=O)[nH]c12. The summed E-state index contributed by atoms with van der Waals surface area (Å²) in [5.41, 5.74) is 7.53. The average Bonchev–Trinajstić information content (AvgIpc) is 3.27. The van der Waals surface area contributed by atoms with Crippen molar-refractivity contribution in [3.8, 4) is 28.3 Å². The summed E-state index contributed by atoms with van der Waals surface area (Å²) >= 11 is 0. The molecule has 146 valence electrons. The minimum Gasteiger partial charge on any atom is -0.361 e. The van der Waals surface area contributed by atoms with Crippen molar-refractivity contribution < 1.29 is 4.52 Å². The Bertz CT molecular complexity index is 1540. The second kappa shape index (κ2) is 6.42. The lowest BCUT2D eigenvalue weighted by atomic mass is 9.92. The number of nitrogens with one attached hydrogen (secondary N) is 2. The van der Waals surface area contributed by atoms with Crippen LogP contribution in [0.2, 0.25) is 0 Å². The van der Waals surface area contributed by atoms with Gasteiger partial charge >= 0.3 is 5.69 Å². The molecule has 0 aliphatic carbocycles. The van der Waals surface area contributed by atoms with Gasteiger partial charge < -0.3 is 14.5 Å². The number of nitrogens with zero attached hydrogens (tertiary/aromatic N) is 3. The van der Waals surface area contributed by atoms with Crippen LogP contribution >= 0.6 is 0 Å². The van der Waals surface area contributed by atoms with E-state index >= 15 is 0 Å². The fraction of sp³-hybridized carbons (Fsp3) is 0.130. The van der Waals surface area contributed by atoms with Crippen LogP contribution in [0.5, 0.6) is 0 Å². The highest BCUT2D eigenvalue weighted by Gasteiger charge is 2.19. The van der Waals surface area contributed by atoms with E-state index < -0.39 is 0 Å². The van der Waals surface area contributed by atoms with Gasteiger partial charge in [-0.2, -0.15) is 5.26 Å². The highest BCUT2D eigenvalue weighted by atomic mass is 16.5. The van der Waals surface area contributed by atoms with Gasteiger partial charge in [0.1, 0.15) is 11.8 Å². The van der Waals surface area contributed by atoms with E-state index in [0.29, 0.717) is 27.9 Å². The number of aromatic nitrogens is 4. The molecule has 3 heterocycles. The summed E-state index contributed by atoms with van der Waals surface area (Å²) < 4.78 is 5.36. The summed E-state index contributed by atoms with van der Waals surface area (Å²) in [6.45, 7) is 5.73. The monoisotopic (exact) mass is 395 g/mol. The third-order valence-electron chi connectivity index (χ3n) is 5.42. The Morgan fingerprint density at radius 3 is 2.67 bits per heavy atom. The number of hydrogen-bond acceptors (Lipinski definition) is 5. The zero-order valence-electron chi connectivity index (χ0n) is 16.6. The smallest absolute Gasteiger partial charge is 0.323 e. The number of pyridine rings is 1. The first-order chi connectivity index (χ1) is 14.5. The molecule has 0 aliphatic heterocycles. The van der Waals surface area contributed by atoms with Crippen molar-refractivity contribution in [2.24, 2.45) is 0 Å². The molecule has 0 aliphatic rings. The number of fused-ring (bicyclic) bond motifs is 2. The molecule has 0 unspecified atom stereocenters. The van der Waals surface area contributed by atoms with Crippen LogP contribution in [-0.4, -0.2) is 20.1 Å². The van der Waals surface area contributed by atoms with Crippen molar-refractivity contribution in [2.75, 3.05) is 0 Å². The average molecular weight is 395 g/mol. The van der Waals surface area contributed by atoms with E-state index in [1.165, 1.54) is 0 Å². The first-order valence-electron chi connectivity index (χ1n) is 9.46. The number of rotatable bonds is 2. The number of aryl methyl sites for hydroxylation is 3. The second-order valence-electron chi connectivity index (χ2n) is 7.35. The van der Waals surface area contributed by atoms with Crippen molar-refractivity contribution >= 4 is 21.9 Å². The van der Waals surface area contributed by atoms with E-state index in [4.69, 9.17) is 4.52 Å². The standard InChI is InChI=1S/C23H17N5O2/c1-11-10-25-21-14(9-24)5-4-6-16(21)19(11)17-7-15(20-12(2)28-30-13(20)3)8-18-22(17)27-23(29)26-18/h4-8,10H,1-3H3,(H2,26,27,29). The molecule has 7 nitrogen and oxygen atoms in total. The van der Waals surface area contributed by atoms with E-state index in [1.54, 1.807) is 12.3 Å². The van der Waals surface area contributed by atoms with Crippen LogP contribution in [0.25, 0.3) is 44.2 Å². The van der Waals surface area contributed by atoms with Crippen LogP contribution in [0.4, 0.5) is 0 Å². The Morgan fingerprint density at radius 1 is 1.10 bits per heavy atom. The van der Waals surface area contributed by atoms with Gasteiger partial charge in [0.15, 0.2) is 0 Å². The van der Waals surface area contributed by atoms with Gasteiger partial charge in [-0.25, -0.2) is 4.79 Å². The Labute approximate surface area is 171 Å². The normalized spacial score (nSPS) is 11.3. The number of nitriles is 1. The molecule has 3 aromatic heterocycles. The maximum absolute atomic E-state index is 12.2. The van der Waals surface area contributed by atoms with Gasteiger partial charge in [-0.15, -0.1) is 0 Å². The van der Waals surface area contributed by atoms with Crippen LogP contribution in [0.15, 0.2) is 45.8 Å². The van der Waals surface area contributed by atoms with Crippen molar-refractivity contribution in [2.45, 2.75) is 20.8 Å². The van der Waals surface area contributed by atoms with Crippen LogP contribution < -0.4 is 5.69 Å². The summed E-state index contributed by atoms with van der Waals surface area (Å²) in [4.78, 5) is 22.4. The lowest BCUT2D eigenvalue weighted by molar-refractivity contribution is 0.393. The lowest BCUT2D eigenvalue weighted by Gasteiger charge is -2.13. The van der Waals surface area contributed by atoms with Crippen LogP contribution in [0, 0.1) is 32.1 Å². The summed E-state index contributed by atoms with van der Waals surface area (Å²) in [6, 6.07) is 11.7. The van der Waals surface area contributed by atoms with Gasteiger partial charge in [-0.1, -0.05) is 17.3 Å². The molecule has 0 fully saturated rings. The molecule has 30 heavy (non-hydrogen) atoms. The molecule has 2 aromatic carbocycles. The number of para-hydroxylation sites is 1. The van der Waals surface area contributed by atoms with Crippen molar-refractivity contribution in [3.63, 3.8) is 0 Å². The zero-order valence-corrected chi connectivity index (χ0v) is 16.6. The number of imidazole rings is 1. The highest BCUT2D eigenvalue weighted by molar-refractivity contribution is 6.06. The van der Waals surface area contributed by atoms with Gasteiger partial charge in [0.25, 0.3) is 0 Å². The molecule has 0 spiro atoms. The van der Waals surface area contributed by atoms with Crippen LogP contribution in [0.3, 0.4) is 0 Å². The van der Waals surface area contributed by atoms with E-state index in [1.807, 2.05) is 45.0 Å². The van der Waals surface area contributed by atoms with Crippen molar-refractivity contribution in [3.05, 3.63) is 69.6 Å². The first kappa shape index (κ1) is 17.9. The molecule has 2 N–H and O–H groups in total. The molecule has 0 saturated carbocycles. The largest absolute Gasteiger partial charge is 0.361 e. The predicted octanol–water partition coefficient (Wildman–Crippen LogP) is 4.52. The fourth-order valence-corrected chi connectivity index (χ4v) is 4.15. The summed E-state index contributed by atoms with van der Waals surface area (Å²) in [5.74, 6) is 0.707. The second-order valence-corrected chi connectivity index (χ2v) is 7.35. The molecule has 0 saturated heterocycles. The summed E-state index contributed by atoms with van der Waals surface area (Å²) in [7, 11) is 0. The van der Waals surface area contributed by atoms with Gasteiger partial charge in [0.05, 0.1) is 27.8 Å². The predicted molar refractivity (Wildman–Crippen MR) is 114 cm³/mol. The van der Waals surface area contributed by atoms with E-state index in [-0.39, 0.29) is 5.69 Å². The minimum atomic E-state index is -0.282. The topological polar surface area (TPSA) is 111 Å². The van der Waals surface area contributed by atoms with Gasteiger partial charge in [0.2, 0.25) is 0 Å². The Kier molecular flexibility index (Phi) is 3.83. The minimum absolute atomic E-state index is 0.282. The van der Waals surface area contributed by atoms with Crippen molar-refractivity contribution in [1.29, 1.82) is 5.26 Å². The molecular weight excluding hydrogens is 378 g/mol. The molecule has 0 radical (unpaired) electrons. The van der Waals surface area contributed by atoms with Gasteiger partial charge in [-0.05, 0) is 55.7 Å². The van der Waals surface area contributed by atoms with Crippen molar-refractivity contribution in [1.82, 2.24) is 20.1 Å². The molecule has 7 heteroatoms. The fourth-order valence-electron chi connectivity index (χ4n) is 4.15. The number of hydrogen-bond donors (Lipinski definition) is 2. The summed E-state index contributed by atoms with van der Waals surface area (Å²) in [5, 5.41) is 14.4. The molecule has 5 aromatic rings. The van der Waals surface area contributed by atoms with E-state index in [2.05, 4.69) is 26.2 Å². The van der Waals surface area contributed by atoms with Gasteiger partial charge in [-0.3, -0.25) is 4.98 Å².